The maximum Gasteiger partial charge on any atom is 1.00 e. The Balaban J connectivity index is 0. The second-order valence-electron chi connectivity index (χ2n) is 6.74. The summed E-state index contributed by atoms with van der Waals surface area (Å²) < 4.78 is 0. The van der Waals surface area contributed by atoms with Crippen LogP contribution in [-0.2, 0) is 20.7 Å². The van der Waals surface area contributed by atoms with Crippen LogP contribution < -0.4 is 80.8 Å². The molecule has 2 unspecified atom stereocenters. The monoisotopic (exact) mass is 462 g/mol. The number of benzene rings is 2. The van der Waals surface area contributed by atoms with E-state index in [0.717, 1.165) is 0 Å². The Morgan fingerprint density at radius 3 is 1.03 bits per heavy atom. The van der Waals surface area contributed by atoms with E-state index in [1.54, 1.807) is 0 Å². The van der Waals surface area contributed by atoms with Crippen molar-refractivity contribution in [2.45, 2.75) is 24.9 Å². The van der Waals surface area contributed by atoms with Gasteiger partial charge in [-0.15, -0.1) is 0 Å². The van der Waals surface area contributed by atoms with Gasteiger partial charge < -0.3 is 41.5 Å². The average molecular weight is 462 g/mol. The molecule has 0 aliphatic rings. The zero-order chi connectivity index (χ0) is 23.3. The molecule has 0 bridgehead atoms. The van der Waals surface area contributed by atoms with Gasteiger partial charge in [-0.05, 0) is 49.2 Å². The fourth-order valence-corrected chi connectivity index (χ4v) is 2.15. The summed E-state index contributed by atoms with van der Waals surface area (Å²) >= 11 is 0. The summed E-state index contributed by atoms with van der Waals surface area (Å²) in [5.74, 6) is -4.97. The molecule has 0 aliphatic carbocycles. The van der Waals surface area contributed by atoms with E-state index >= 15 is 0 Å². The number of carboxylic acid groups (broad SMARTS) is 4. The molecule has 0 saturated carbocycles. The fraction of sp³-hybridized carbons (Fsp3) is 0.200. The quantitative estimate of drug-likeness (QED) is 0.298. The van der Waals surface area contributed by atoms with E-state index in [2.05, 4.69) is 0 Å². The number of aliphatic carboxylic acids is 2. The summed E-state index contributed by atoms with van der Waals surface area (Å²) in [7, 11) is 0. The van der Waals surface area contributed by atoms with Crippen molar-refractivity contribution < 1.29 is 98.7 Å². The van der Waals surface area contributed by atoms with Crippen LogP contribution >= 0.6 is 0 Å². The van der Waals surface area contributed by atoms with Gasteiger partial charge in [0, 0.05) is 0 Å². The van der Waals surface area contributed by atoms with Crippen molar-refractivity contribution in [3.8, 4) is 0 Å². The Morgan fingerprint density at radius 1 is 0.656 bits per heavy atom. The van der Waals surface area contributed by atoms with Gasteiger partial charge in [0.1, 0.15) is 0 Å². The topological polar surface area (TPSA) is 207 Å². The molecule has 0 amide bonds. The molecular weight excluding hydrogens is 442 g/mol. The normalized spacial score (nSPS) is 13.4. The number of hydrogen-bond acceptors (Lipinski definition) is 8. The summed E-state index contributed by atoms with van der Waals surface area (Å²) in [5, 5.41) is 38.6. The van der Waals surface area contributed by atoms with Gasteiger partial charge in [-0.3, -0.25) is 0 Å². The molecule has 0 aromatic heterocycles. The van der Waals surface area contributed by atoms with Crippen molar-refractivity contribution >= 4 is 23.9 Å². The summed E-state index contributed by atoms with van der Waals surface area (Å²) in [5.41, 5.74) is 8.52. The maximum absolute atomic E-state index is 10.7. The minimum absolute atomic E-state index is 0. The third-order valence-corrected chi connectivity index (χ3v) is 4.31. The molecule has 0 aliphatic heterocycles. The number of rotatable bonds is 6. The predicted octanol–water partition coefficient (Wildman–Crippen LogP) is -7.37. The van der Waals surface area contributed by atoms with E-state index < -0.39 is 35.0 Å². The van der Waals surface area contributed by atoms with Crippen molar-refractivity contribution in [2.75, 3.05) is 0 Å². The van der Waals surface area contributed by atoms with Crippen LogP contribution in [0.15, 0.2) is 48.5 Å². The van der Waals surface area contributed by atoms with Gasteiger partial charge in [0.15, 0.2) is 0 Å². The van der Waals surface area contributed by atoms with Crippen molar-refractivity contribution in [2.24, 2.45) is 11.5 Å². The number of carboxylic acids is 4. The van der Waals surface area contributed by atoms with Crippen LogP contribution in [0, 0.1) is 0 Å². The Bertz CT molecular complexity index is 879. The Kier molecular flexibility index (Phi) is 13.2. The van der Waals surface area contributed by atoms with Gasteiger partial charge in [-0.1, -0.05) is 24.3 Å². The molecule has 2 aromatic rings. The van der Waals surface area contributed by atoms with Crippen molar-refractivity contribution in [1.29, 1.82) is 0 Å². The second kappa shape index (κ2) is 13.1. The third kappa shape index (κ3) is 8.30. The predicted molar refractivity (Wildman–Crippen MR) is 99.9 cm³/mol. The van der Waals surface area contributed by atoms with Crippen LogP contribution in [0.1, 0.15) is 45.7 Å². The minimum atomic E-state index is -1.61. The second-order valence-corrected chi connectivity index (χ2v) is 6.74. The largest absolute Gasteiger partial charge is 1.00 e. The van der Waals surface area contributed by atoms with Gasteiger partial charge in [-0.25, -0.2) is 9.59 Å². The fourth-order valence-electron chi connectivity index (χ4n) is 2.15. The van der Waals surface area contributed by atoms with Crippen LogP contribution in [0.5, 0.6) is 0 Å². The molecule has 0 fully saturated rings. The van der Waals surface area contributed by atoms with Gasteiger partial charge >= 0.3 is 71.1 Å². The van der Waals surface area contributed by atoms with E-state index in [0.29, 0.717) is 11.1 Å². The van der Waals surface area contributed by atoms with Gasteiger partial charge in [-0.2, -0.15) is 0 Å². The Hall–Kier alpha value is -1.76. The Morgan fingerprint density at radius 2 is 0.875 bits per heavy atom. The first-order valence-electron chi connectivity index (χ1n) is 8.39. The molecule has 2 aromatic carbocycles. The molecule has 0 heterocycles. The average Bonchev–Trinajstić information content (AvgIpc) is 2.68. The summed E-state index contributed by atoms with van der Waals surface area (Å²) in [6, 6.07) is 10.6. The molecule has 2 rings (SSSR count). The molecule has 0 radical (unpaired) electrons. The smallest absolute Gasteiger partial charge is 0.548 e. The molecule has 0 saturated heterocycles. The molecule has 160 valence electrons. The van der Waals surface area contributed by atoms with E-state index in [4.69, 9.17) is 21.7 Å². The number of nitrogens with two attached hydrogens (primary N) is 2. The number of hydrogen-bond donors (Lipinski definition) is 4. The molecule has 12 heteroatoms. The molecular formula is C20H20N2Na2O8. The van der Waals surface area contributed by atoms with Crippen molar-refractivity contribution in [3.63, 3.8) is 0 Å². The number of carbonyl (C=O) groups excluding carboxylic acids is 2. The van der Waals surface area contributed by atoms with Crippen molar-refractivity contribution in [3.05, 3.63) is 70.8 Å². The zero-order valence-corrected chi connectivity index (χ0v) is 22.1. The molecule has 10 nitrogen and oxygen atoms in total. The summed E-state index contributed by atoms with van der Waals surface area (Å²) in [4.78, 5) is 42.4. The van der Waals surface area contributed by atoms with Gasteiger partial charge in [0.2, 0.25) is 0 Å². The van der Waals surface area contributed by atoms with Crippen LogP contribution in [0.4, 0.5) is 0 Å². The first-order valence-corrected chi connectivity index (χ1v) is 8.39. The van der Waals surface area contributed by atoms with E-state index in [-0.39, 0.29) is 70.2 Å². The van der Waals surface area contributed by atoms with E-state index in [1.807, 2.05) is 0 Å². The third-order valence-electron chi connectivity index (χ3n) is 4.31. The maximum atomic E-state index is 10.7. The standard InChI is InChI=1S/2C10H11NO4.2Na/c2*1-10(11,9(14)15)7-4-2-6(3-5-7)8(12)13;;/h2*2-5H,11H2,1H3,(H,12,13)(H,14,15);;/q;;2*+1/p-2. The molecule has 0 spiro atoms. The SMILES string of the molecule is CC(N)(C(=O)[O-])c1ccc(C(=O)O)cc1.CC(N)(C(=O)[O-])c1ccc(C(=O)O)cc1.[Na+].[Na+]. The first kappa shape index (κ1) is 32.4. The van der Waals surface area contributed by atoms with Gasteiger partial charge in [0.25, 0.3) is 0 Å². The van der Waals surface area contributed by atoms with Crippen LogP contribution in [0.2, 0.25) is 0 Å². The molecule has 2 atom stereocenters. The molecule has 32 heavy (non-hydrogen) atoms. The van der Waals surface area contributed by atoms with E-state index in [1.165, 1.54) is 62.4 Å². The van der Waals surface area contributed by atoms with E-state index in [9.17, 15) is 29.4 Å². The summed E-state index contributed by atoms with van der Waals surface area (Å²) in [6.45, 7) is 2.58. The minimum Gasteiger partial charge on any atom is -0.548 e. The molecule has 6 N–H and O–H groups in total. The van der Waals surface area contributed by atoms with Crippen LogP contribution in [-0.4, -0.2) is 34.1 Å². The first-order chi connectivity index (χ1) is 13.7. The zero-order valence-electron chi connectivity index (χ0n) is 18.1. The number of aromatic carboxylic acids is 2. The van der Waals surface area contributed by atoms with Crippen LogP contribution in [0.3, 0.4) is 0 Å². The number of carbonyl (C=O) groups is 4. The Labute approximate surface area is 228 Å². The van der Waals surface area contributed by atoms with Gasteiger partial charge in [0.05, 0.1) is 34.1 Å². The van der Waals surface area contributed by atoms with Crippen molar-refractivity contribution in [1.82, 2.24) is 0 Å². The van der Waals surface area contributed by atoms with Crippen LogP contribution in [0.25, 0.3) is 0 Å². The summed E-state index contributed by atoms with van der Waals surface area (Å²) in [6.07, 6.45) is 0.